The van der Waals surface area contributed by atoms with Crippen LogP contribution in [0.25, 0.3) is 49.7 Å². The van der Waals surface area contributed by atoms with E-state index in [4.69, 9.17) is 0 Å². The monoisotopic (exact) mass is 937 g/mol. The molecule has 1 aliphatic carbocycles. The molecule has 0 amide bonds. The Kier molecular flexibility index (Phi) is 10.8. The number of rotatable bonds is 11. The molecule has 13 rings (SSSR count). The van der Waals surface area contributed by atoms with Crippen molar-refractivity contribution < 1.29 is 0 Å². The third-order valence-corrected chi connectivity index (χ3v) is 24.8. The highest BCUT2D eigenvalue weighted by molar-refractivity contribution is 7.20. The Morgan fingerprint density at radius 2 is 0.507 bits per heavy atom. The maximum atomic E-state index is 2.68. The van der Waals surface area contributed by atoms with Gasteiger partial charge in [0.05, 0.1) is 11.0 Å². The molecule has 0 aliphatic heterocycles. The zero-order valence-electron chi connectivity index (χ0n) is 39.5. The molecule has 1 nitrogen and oxygen atoms in total. The van der Waals surface area contributed by atoms with Gasteiger partial charge >= 0.3 is 0 Å². The molecule has 0 spiro atoms. The van der Waals surface area contributed by atoms with Crippen LogP contribution in [0.2, 0.25) is 0 Å². The molecule has 0 bridgehead atoms. The van der Waals surface area contributed by atoms with E-state index in [1.807, 2.05) is 0 Å². The number of nitrogens with zero attached hydrogens (tertiary/aromatic N) is 1. The Bertz CT molecular complexity index is 3380. The van der Waals surface area contributed by atoms with Gasteiger partial charge in [0.25, 0.3) is 0 Å². The van der Waals surface area contributed by atoms with Crippen LogP contribution < -0.4 is 41.5 Å². The molecule has 0 atom stereocenters. The molecule has 3 heteroatoms. The van der Waals surface area contributed by atoms with Gasteiger partial charge in [0.1, 0.15) is 0 Å². The number of benzene rings is 11. The molecular weight excluding hydrogens is 887 g/mol. The van der Waals surface area contributed by atoms with Gasteiger partial charge in [0.2, 0.25) is 0 Å². The van der Waals surface area contributed by atoms with E-state index < -0.39 is 16.1 Å². The third-order valence-electron chi connectivity index (χ3n) is 15.3. The molecule has 0 unspecified atom stereocenters. The number of hydrogen-bond acceptors (Lipinski definition) is 0. The first-order valence-corrected chi connectivity index (χ1v) is 29.0. The predicted molar refractivity (Wildman–Crippen MR) is 306 cm³/mol. The van der Waals surface area contributed by atoms with Crippen molar-refractivity contribution in [2.45, 2.75) is 12.8 Å². The summed E-state index contributed by atoms with van der Waals surface area (Å²) in [6, 6.07) is 108. The Morgan fingerprint density at radius 3 is 0.789 bits per heavy atom. The lowest BCUT2D eigenvalue weighted by atomic mass is 9.91. The molecule has 0 saturated carbocycles. The van der Waals surface area contributed by atoms with Crippen molar-refractivity contribution in [3.05, 3.63) is 296 Å². The fraction of sp³-hybridized carbons (Fsp3) is 0.0294. The number of hydrogen-bond donors (Lipinski definition) is 0. The van der Waals surface area contributed by atoms with Crippen LogP contribution in [-0.2, 0) is 12.8 Å². The zero-order chi connectivity index (χ0) is 47.2. The molecule has 71 heavy (non-hydrogen) atoms. The van der Waals surface area contributed by atoms with Crippen molar-refractivity contribution in [1.29, 1.82) is 0 Å². The van der Waals surface area contributed by atoms with Gasteiger partial charge in [-0.25, -0.2) is 0 Å². The standard InChI is InChI=1S/C68H51NSi2/c1-9-25-50(26-10-1)54-43-55(51-27-11-2-12-28-51)45-56(44-54)69-65-48-63(70(57-29-13-3-14-30-57,58-31-15-4-16-32-58)59-33-17-5-18-34-59)46-52-41-42-53-47-64(49-66(69)68(53)67(52)65)71(60-35-19-6-20-36-60,61-37-21-7-22-38-61)62-39-23-8-24-40-62/h1-40,43-49H,41-42H2. The van der Waals surface area contributed by atoms with Gasteiger partial charge in [-0.3, -0.25) is 0 Å². The maximum absolute atomic E-state index is 2.92. The van der Waals surface area contributed by atoms with Crippen LogP contribution in [0.3, 0.4) is 0 Å². The fourth-order valence-corrected chi connectivity index (χ4v) is 21.9. The Balaban J connectivity index is 1.21. The summed E-state index contributed by atoms with van der Waals surface area (Å²) in [4.78, 5) is 0. The minimum atomic E-state index is -2.92. The number of aromatic nitrogens is 1. The average Bonchev–Trinajstić information content (AvgIpc) is 3.80. The van der Waals surface area contributed by atoms with Gasteiger partial charge in [0, 0.05) is 16.5 Å². The van der Waals surface area contributed by atoms with Crippen LogP contribution in [0.15, 0.2) is 285 Å². The van der Waals surface area contributed by atoms with Crippen LogP contribution in [0.5, 0.6) is 0 Å². The highest BCUT2D eigenvalue weighted by atomic mass is 28.3. The molecule has 1 aromatic heterocycles. The van der Waals surface area contributed by atoms with E-state index in [0.29, 0.717) is 0 Å². The van der Waals surface area contributed by atoms with Crippen molar-refractivity contribution in [3.8, 4) is 27.9 Å². The first-order chi connectivity index (χ1) is 35.2. The van der Waals surface area contributed by atoms with E-state index in [9.17, 15) is 0 Å². The van der Waals surface area contributed by atoms with Crippen molar-refractivity contribution >= 4 is 79.4 Å². The third kappa shape index (κ3) is 7.03. The predicted octanol–water partition coefficient (Wildman–Crippen LogP) is 11.0. The van der Waals surface area contributed by atoms with E-state index in [0.717, 1.165) is 18.5 Å². The highest BCUT2D eigenvalue weighted by Gasteiger charge is 2.44. The fourth-order valence-electron chi connectivity index (χ4n) is 12.3. The van der Waals surface area contributed by atoms with E-state index in [2.05, 4.69) is 290 Å². The van der Waals surface area contributed by atoms with Gasteiger partial charge in [-0.15, -0.1) is 0 Å². The minimum absolute atomic E-state index is 0.957. The van der Waals surface area contributed by atoms with Crippen molar-refractivity contribution in [1.82, 2.24) is 4.57 Å². The second kappa shape index (κ2) is 17.9. The van der Waals surface area contributed by atoms with Crippen molar-refractivity contribution in [3.63, 3.8) is 0 Å². The minimum Gasteiger partial charge on any atom is -0.309 e. The summed E-state index contributed by atoms with van der Waals surface area (Å²) in [7, 11) is -5.85. The molecule has 336 valence electrons. The molecule has 12 aromatic rings. The Hall–Kier alpha value is -8.35. The van der Waals surface area contributed by atoms with Gasteiger partial charge in [-0.2, -0.15) is 0 Å². The number of aryl methyl sites for hydroxylation is 2. The lowest BCUT2D eigenvalue weighted by Crippen LogP contribution is -2.74. The molecule has 0 saturated heterocycles. The lowest BCUT2D eigenvalue weighted by molar-refractivity contribution is 0.971. The van der Waals surface area contributed by atoms with E-state index in [1.165, 1.54) is 96.7 Å². The Labute approximate surface area is 418 Å². The molecule has 1 aliphatic rings. The lowest BCUT2D eigenvalue weighted by Gasteiger charge is -2.35. The summed E-state index contributed by atoms with van der Waals surface area (Å²) >= 11 is 0. The van der Waals surface area contributed by atoms with Crippen LogP contribution in [0.1, 0.15) is 11.1 Å². The smallest absolute Gasteiger partial charge is 0.179 e. The van der Waals surface area contributed by atoms with E-state index >= 15 is 0 Å². The van der Waals surface area contributed by atoms with Crippen LogP contribution in [0, 0.1) is 0 Å². The summed E-state index contributed by atoms with van der Waals surface area (Å²) < 4.78 is 2.68. The molecule has 1 heterocycles. The first-order valence-electron chi connectivity index (χ1n) is 25.0. The highest BCUT2D eigenvalue weighted by Crippen LogP contribution is 2.41. The van der Waals surface area contributed by atoms with Gasteiger partial charge in [0.15, 0.2) is 16.1 Å². The summed E-state index contributed by atoms with van der Waals surface area (Å²) in [5.41, 5.74) is 11.4. The molecule has 0 radical (unpaired) electrons. The zero-order valence-corrected chi connectivity index (χ0v) is 41.5. The largest absolute Gasteiger partial charge is 0.309 e. The normalized spacial score (nSPS) is 12.4. The Morgan fingerprint density at radius 1 is 0.239 bits per heavy atom. The van der Waals surface area contributed by atoms with Crippen LogP contribution >= 0.6 is 0 Å². The summed E-state index contributed by atoms with van der Waals surface area (Å²) in [6.45, 7) is 0. The quantitative estimate of drug-likeness (QED) is 0.0900. The SMILES string of the molecule is c1ccc(-c2cc(-c3ccccc3)cc(-n3c4cc([Si](c5ccccc5)(c5ccccc5)c5ccccc5)cc5c4c4c(cc([Si](c6ccccc6)(c6ccccc6)c6ccccc6)cc43)CC5)c2)cc1. The van der Waals surface area contributed by atoms with Crippen LogP contribution in [0.4, 0.5) is 0 Å². The summed E-state index contributed by atoms with van der Waals surface area (Å²) in [6.07, 6.45) is 1.91. The summed E-state index contributed by atoms with van der Waals surface area (Å²) in [5.74, 6) is 0. The van der Waals surface area contributed by atoms with Crippen molar-refractivity contribution in [2.75, 3.05) is 0 Å². The first kappa shape index (κ1) is 42.7. The van der Waals surface area contributed by atoms with Gasteiger partial charge in [-0.05, 0) is 118 Å². The summed E-state index contributed by atoms with van der Waals surface area (Å²) in [5, 5.41) is 13.9. The molecule has 0 fully saturated rings. The molecule has 11 aromatic carbocycles. The van der Waals surface area contributed by atoms with Gasteiger partial charge < -0.3 is 4.57 Å². The van der Waals surface area contributed by atoms with E-state index in [1.54, 1.807) is 0 Å². The average molecular weight is 938 g/mol. The molecule has 0 N–H and O–H groups in total. The van der Waals surface area contributed by atoms with Crippen molar-refractivity contribution in [2.24, 2.45) is 0 Å². The second-order valence-corrected chi connectivity index (χ2v) is 26.7. The maximum Gasteiger partial charge on any atom is 0.179 e. The van der Waals surface area contributed by atoms with Crippen LogP contribution in [-0.4, -0.2) is 20.7 Å². The topological polar surface area (TPSA) is 4.93 Å². The second-order valence-electron chi connectivity index (χ2n) is 19.1. The van der Waals surface area contributed by atoms with E-state index in [-0.39, 0.29) is 0 Å². The molecular formula is C68H51NSi2. The van der Waals surface area contributed by atoms with Gasteiger partial charge in [-0.1, -0.05) is 255 Å².